The van der Waals surface area contributed by atoms with Gasteiger partial charge in [-0.25, -0.2) is 0 Å². The molecule has 0 aliphatic heterocycles. The summed E-state index contributed by atoms with van der Waals surface area (Å²) in [6.07, 6.45) is 0. The fourth-order valence-electron chi connectivity index (χ4n) is 0.189. The minimum absolute atomic E-state index is 0.380. The summed E-state index contributed by atoms with van der Waals surface area (Å²) in [7, 11) is 0. The third-order valence-corrected chi connectivity index (χ3v) is 1.49. The van der Waals surface area contributed by atoms with Crippen molar-refractivity contribution >= 4 is 34.5 Å². The Labute approximate surface area is 54.1 Å². The van der Waals surface area contributed by atoms with Crippen LogP contribution >= 0.6 is 34.5 Å². The van der Waals surface area contributed by atoms with Gasteiger partial charge in [-0.3, -0.25) is 0 Å². The lowest BCUT2D eigenvalue weighted by atomic mass is 11.6. The van der Waals surface area contributed by atoms with Crippen LogP contribution in [0.15, 0.2) is 0 Å². The van der Waals surface area contributed by atoms with E-state index < -0.39 is 0 Å². The Balaban J connectivity index is 3.04. The van der Waals surface area contributed by atoms with Gasteiger partial charge in [0.05, 0.1) is 0 Å². The summed E-state index contributed by atoms with van der Waals surface area (Å²) < 4.78 is 0.759. The van der Waals surface area contributed by atoms with Gasteiger partial charge in [-0.15, -0.1) is 10.2 Å². The van der Waals surface area contributed by atoms with Crippen molar-refractivity contribution in [3.63, 3.8) is 0 Å². The Morgan fingerprint density at radius 2 is 1.57 bits per heavy atom. The van der Waals surface area contributed by atoms with Crippen LogP contribution in [0.3, 0.4) is 0 Å². The Bertz CT molecular complexity index is 146. The normalized spacial score (nSPS) is 9.43. The fraction of sp³-hybridized carbons (Fsp3) is 0. The lowest BCUT2D eigenvalue weighted by Crippen LogP contribution is -1.61. The zero-order valence-corrected chi connectivity index (χ0v) is 5.39. The van der Waals surface area contributed by atoms with E-state index >= 15 is 0 Å². The molecule has 2 nitrogen and oxygen atoms in total. The molecule has 0 fully saturated rings. The van der Waals surface area contributed by atoms with E-state index in [0.29, 0.717) is 8.93 Å². The van der Waals surface area contributed by atoms with Crippen molar-refractivity contribution in [2.24, 2.45) is 0 Å². The maximum atomic E-state index is 5.32. The predicted molar refractivity (Wildman–Crippen MR) is 29.9 cm³/mol. The van der Waals surface area contributed by atoms with Gasteiger partial charge in [0, 0.05) is 0 Å². The molecule has 1 heterocycles. The first-order valence-corrected chi connectivity index (χ1v) is 3.01. The summed E-state index contributed by atoms with van der Waals surface area (Å²) in [5, 5.41) is 6.84. The van der Waals surface area contributed by atoms with E-state index in [4.69, 9.17) is 23.2 Å². The molecule has 0 atom stereocenters. The Kier molecular flexibility index (Phi) is 1.46. The highest BCUT2D eigenvalue weighted by atomic mass is 35.5. The minimum atomic E-state index is 0.380. The van der Waals surface area contributed by atoms with Gasteiger partial charge < -0.3 is 0 Å². The molecule has 0 bridgehead atoms. The van der Waals surface area contributed by atoms with Gasteiger partial charge in [0.1, 0.15) is 0 Å². The number of aromatic nitrogens is 2. The molecule has 0 N–H and O–H groups in total. The summed E-state index contributed by atoms with van der Waals surface area (Å²) in [4.78, 5) is 0. The number of hydrogen-bond acceptors (Lipinski definition) is 3. The topological polar surface area (TPSA) is 25.8 Å². The van der Waals surface area contributed by atoms with Crippen LogP contribution in [0.1, 0.15) is 0 Å². The van der Waals surface area contributed by atoms with Gasteiger partial charge in [0.2, 0.25) is 8.93 Å². The molecule has 0 saturated heterocycles. The van der Waals surface area contributed by atoms with Crippen molar-refractivity contribution < 1.29 is 0 Å². The largest absolute Gasteiger partial charge is 0.208 e. The molecule has 0 aliphatic rings. The predicted octanol–water partition coefficient (Wildman–Crippen LogP) is 1.84. The average molecular weight is 155 g/mol. The standard InChI is InChI=1S/C2Cl2N2S/c3-1-5-6-2(4)7-1. The van der Waals surface area contributed by atoms with Gasteiger partial charge in [0.25, 0.3) is 0 Å². The second kappa shape index (κ2) is 1.94. The van der Waals surface area contributed by atoms with Gasteiger partial charge in [-0.05, 0) is 23.2 Å². The lowest BCUT2D eigenvalue weighted by molar-refractivity contribution is 1.09. The highest BCUT2D eigenvalue weighted by Crippen LogP contribution is 2.18. The molecule has 0 aliphatic carbocycles. The van der Waals surface area contributed by atoms with Gasteiger partial charge >= 0.3 is 0 Å². The Morgan fingerprint density at radius 1 is 1.14 bits per heavy atom. The van der Waals surface area contributed by atoms with E-state index in [1.807, 2.05) is 0 Å². The first-order valence-electron chi connectivity index (χ1n) is 1.43. The number of rotatable bonds is 0. The SMILES string of the molecule is Clc1nnc(Cl)s1. The molecular weight excluding hydrogens is 155 g/mol. The van der Waals surface area contributed by atoms with Crippen LogP contribution in [0.2, 0.25) is 8.93 Å². The van der Waals surface area contributed by atoms with Crippen LogP contribution in [0.4, 0.5) is 0 Å². The monoisotopic (exact) mass is 154 g/mol. The zero-order valence-electron chi connectivity index (χ0n) is 3.06. The van der Waals surface area contributed by atoms with Gasteiger partial charge in [-0.2, -0.15) is 0 Å². The molecule has 0 spiro atoms. The molecule has 38 valence electrons. The van der Waals surface area contributed by atoms with E-state index in [-0.39, 0.29) is 0 Å². The van der Waals surface area contributed by atoms with E-state index in [1.54, 1.807) is 0 Å². The fourth-order valence-corrected chi connectivity index (χ4v) is 1.12. The van der Waals surface area contributed by atoms with Gasteiger partial charge in [0.15, 0.2) is 0 Å². The molecule has 5 heteroatoms. The Morgan fingerprint density at radius 3 is 1.71 bits per heavy atom. The van der Waals surface area contributed by atoms with Crippen molar-refractivity contribution in [2.45, 2.75) is 0 Å². The summed E-state index contributed by atoms with van der Waals surface area (Å²) in [6.45, 7) is 0. The van der Waals surface area contributed by atoms with Crippen LogP contribution in [-0.2, 0) is 0 Å². The van der Waals surface area contributed by atoms with Crippen LogP contribution in [0.25, 0.3) is 0 Å². The molecule has 0 aromatic carbocycles. The molecule has 0 saturated carbocycles. The van der Waals surface area contributed by atoms with Crippen molar-refractivity contribution in [3.05, 3.63) is 8.93 Å². The summed E-state index contributed by atoms with van der Waals surface area (Å²) in [5.74, 6) is 0. The third kappa shape index (κ3) is 1.26. The third-order valence-electron chi connectivity index (χ3n) is 0.376. The first-order chi connectivity index (χ1) is 3.29. The maximum Gasteiger partial charge on any atom is 0.208 e. The molecule has 0 radical (unpaired) electrons. The molecule has 1 rings (SSSR count). The van der Waals surface area contributed by atoms with Crippen molar-refractivity contribution in [2.75, 3.05) is 0 Å². The van der Waals surface area contributed by atoms with Gasteiger partial charge in [-0.1, -0.05) is 11.3 Å². The number of nitrogens with zero attached hydrogens (tertiary/aromatic N) is 2. The van der Waals surface area contributed by atoms with E-state index in [9.17, 15) is 0 Å². The quantitative estimate of drug-likeness (QED) is 0.571. The number of halogens is 2. The van der Waals surface area contributed by atoms with E-state index in [0.717, 1.165) is 11.3 Å². The number of hydrogen-bond donors (Lipinski definition) is 0. The lowest BCUT2D eigenvalue weighted by Gasteiger charge is -1.60. The average Bonchev–Trinajstić information content (AvgIpc) is 1.87. The smallest absolute Gasteiger partial charge is 0.125 e. The molecule has 1 aromatic rings. The van der Waals surface area contributed by atoms with Crippen molar-refractivity contribution in [1.82, 2.24) is 10.2 Å². The van der Waals surface area contributed by atoms with E-state index in [1.165, 1.54) is 0 Å². The van der Waals surface area contributed by atoms with E-state index in [2.05, 4.69) is 10.2 Å². The Hall–Kier alpha value is 0.140. The molecule has 0 unspecified atom stereocenters. The van der Waals surface area contributed by atoms with Crippen molar-refractivity contribution in [3.8, 4) is 0 Å². The zero-order chi connectivity index (χ0) is 5.28. The second-order valence-corrected chi connectivity index (χ2v) is 2.95. The van der Waals surface area contributed by atoms with Crippen LogP contribution in [0.5, 0.6) is 0 Å². The van der Waals surface area contributed by atoms with Crippen LogP contribution in [0, 0.1) is 0 Å². The second-order valence-electron chi connectivity index (χ2n) is 0.808. The summed E-state index contributed by atoms with van der Waals surface area (Å²) >= 11 is 11.8. The highest BCUT2D eigenvalue weighted by Gasteiger charge is 1.93. The van der Waals surface area contributed by atoms with Crippen molar-refractivity contribution in [1.29, 1.82) is 0 Å². The highest BCUT2D eigenvalue weighted by molar-refractivity contribution is 7.18. The summed E-state index contributed by atoms with van der Waals surface area (Å²) in [5.41, 5.74) is 0. The first kappa shape index (κ1) is 5.28. The minimum Gasteiger partial charge on any atom is -0.125 e. The maximum absolute atomic E-state index is 5.32. The van der Waals surface area contributed by atoms with Crippen LogP contribution in [-0.4, -0.2) is 10.2 Å². The van der Waals surface area contributed by atoms with Crippen LogP contribution < -0.4 is 0 Å². The molecule has 0 amide bonds. The molecule has 1 aromatic heterocycles. The molecular formula is C2Cl2N2S. The summed E-state index contributed by atoms with van der Waals surface area (Å²) in [6, 6.07) is 0. The molecule has 7 heavy (non-hydrogen) atoms.